The van der Waals surface area contributed by atoms with E-state index in [1.54, 1.807) is 23.9 Å². The van der Waals surface area contributed by atoms with Gasteiger partial charge in [0.05, 0.1) is 11.4 Å². The number of fused-ring (bicyclic) bond motifs is 2. The molecule has 7 heteroatoms. The van der Waals surface area contributed by atoms with Crippen molar-refractivity contribution in [3.63, 3.8) is 0 Å². The molecule has 25 heavy (non-hydrogen) atoms. The van der Waals surface area contributed by atoms with E-state index >= 15 is 0 Å². The normalized spacial score (nSPS) is 15.4. The van der Waals surface area contributed by atoms with Crippen LogP contribution < -0.4 is 4.90 Å². The van der Waals surface area contributed by atoms with Gasteiger partial charge in [-0.25, -0.2) is 0 Å². The zero-order valence-electron chi connectivity index (χ0n) is 12.8. The summed E-state index contributed by atoms with van der Waals surface area (Å²) in [7, 11) is 0. The molecule has 0 unspecified atom stereocenters. The molecule has 2 aliphatic heterocycles. The van der Waals surface area contributed by atoms with E-state index in [4.69, 9.17) is 11.6 Å². The Labute approximate surface area is 152 Å². The highest BCUT2D eigenvalue weighted by Crippen LogP contribution is 2.48. The van der Waals surface area contributed by atoms with Gasteiger partial charge in [-0.3, -0.25) is 24.2 Å². The molecule has 0 atom stereocenters. The minimum absolute atomic E-state index is 0.324. The Morgan fingerprint density at radius 1 is 0.960 bits per heavy atom. The summed E-state index contributed by atoms with van der Waals surface area (Å²) in [4.78, 5) is 40.8. The predicted molar refractivity (Wildman–Crippen MR) is 95.0 cm³/mol. The maximum absolute atomic E-state index is 13.0. The number of halogens is 1. The minimum atomic E-state index is -0.482. The first kappa shape index (κ1) is 15.9. The number of rotatable bonds is 2. The molecule has 5 nitrogen and oxygen atoms in total. The summed E-state index contributed by atoms with van der Waals surface area (Å²) < 4.78 is 0. The van der Waals surface area contributed by atoms with Crippen LogP contribution in [0.25, 0.3) is 0 Å². The van der Waals surface area contributed by atoms with Gasteiger partial charge in [0.1, 0.15) is 6.54 Å². The highest BCUT2D eigenvalue weighted by atomic mass is 35.5. The van der Waals surface area contributed by atoms with Crippen molar-refractivity contribution in [3.8, 4) is 0 Å². The SMILES string of the molecule is O=C1C=CC(=O)N1CC(=O)N1c2ccccc2Sc2ccc(Cl)cc21. The van der Waals surface area contributed by atoms with Crippen molar-refractivity contribution >= 4 is 52.5 Å². The van der Waals surface area contributed by atoms with Gasteiger partial charge in [0.2, 0.25) is 0 Å². The van der Waals surface area contributed by atoms with E-state index in [1.165, 1.54) is 17.1 Å². The molecule has 3 amide bonds. The van der Waals surface area contributed by atoms with E-state index in [0.29, 0.717) is 16.4 Å². The smallest absolute Gasteiger partial charge is 0.254 e. The number of anilines is 2. The molecular formula is C18H11ClN2O3S. The van der Waals surface area contributed by atoms with E-state index < -0.39 is 11.8 Å². The number of nitrogens with zero attached hydrogens (tertiary/aromatic N) is 2. The Kier molecular flexibility index (Phi) is 3.86. The van der Waals surface area contributed by atoms with Crippen molar-refractivity contribution in [3.05, 3.63) is 59.6 Å². The molecule has 2 aliphatic rings. The van der Waals surface area contributed by atoms with Crippen molar-refractivity contribution in [2.75, 3.05) is 11.4 Å². The van der Waals surface area contributed by atoms with Gasteiger partial charge in [-0.15, -0.1) is 0 Å². The van der Waals surface area contributed by atoms with Gasteiger partial charge in [0.15, 0.2) is 0 Å². The third-order valence-corrected chi connectivity index (χ3v) is 5.30. The molecule has 0 aliphatic carbocycles. The topological polar surface area (TPSA) is 57.7 Å². The first-order chi connectivity index (χ1) is 12.0. The number of imide groups is 1. The summed E-state index contributed by atoms with van der Waals surface area (Å²) in [5, 5.41) is 0.506. The molecule has 2 aromatic rings. The van der Waals surface area contributed by atoms with Crippen LogP contribution in [-0.4, -0.2) is 29.2 Å². The van der Waals surface area contributed by atoms with Crippen LogP contribution in [0, 0.1) is 0 Å². The van der Waals surface area contributed by atoms with Gasteiger partial charge in [0, 0.05) is 27.0 Å². The molecule has 0 bridgehead atoms. The fourth-order valence-corrected chi connectivity index (χ4v) is 3.99. The Hall–Kier alpha value is -2.57. The van der Waals surface area contributed by atoms with E-state index in [1.807, 2.05) is 30.3 Å². The third kappa shape index (κ3) is 2.73. The number of hydrogen-bond donors (Lipinski definition) is 0. The molecule has 0 aromatic heterocycles. The Bertz CT molecular complexity index is 939. The number of carbonyl (C=O) groups excluding carboxylic acids is 3. The molecule has 124 valence electrons. The Balaban J connectivity index is 1.75. The zero-order chi connectivity index (χ0) is 17.6. The molecule has 0 spiro atoms. The summed E-state index contributed by atoms with van der Waals surface area (Å²) in [5.74, 6) is -1.34. The zero-order valence-corrected chi connectivity index (χ0v) is 14.4. The van der Waals surface area contributed by atoms with Crippen LogP contribution in [0.15, 0.2) is 64.4 Å². The molecule has 0 fully saturated rings. The number of carbonyl (C=O) groups is 3. The van der Waals surface area contributed by atoms with Crippen molar-refractivity contribution < 1.29 is 14.4 Å². The van der Waals surface area contributed by atoms with Gasteiger partial charge in [-0.05, 0) is 30.3 Å². The molecule has 2 aromatic carbocycles. The lowest BCUT2D eigenvalue weighted by Crippen LogP contribution is -2.41. The van der Waals surface area contributed by atoms with Gasteiger partial charge in [-0.1, -0.05) is 35.5 Å². The summed E-state index contributed by atoms with van der Waals surface area (Å²) in [5.41, 5.74) is 1.35. The maximum Gasteiger partial charge on any atom is 0.254 e. The van der Waals surface area contributed by atoms with E-state index in [9.17, 15) is 14.4 Å². The molecule has 0 saturated heterocycles. The fraction of sp³-hybridized carbons (Fsp3) is 0.0556. The van der Waals surface area contributed by atoms with Gasteiger partial charge in [-0.2, -0.15) is 0 Å². The van der Waals surface area contributed by atoms with Crippen LogP contribution in [0.5, 0.6) is 0 Å². The molecular weight excluding hydrogens is 360 g/mol. The molecule has 0 saturated carbocycles. The van der Waals surface area contributed by atoms with Crippen molar-refractivity contribution in [1.29, 1.82) is 0 Å². The maximum atomic E-state index is 13.0. The van der Waals surface area contributed by atoms with Crippen LogP contribution in [0.2, 0.25) is 5.02 Å². The van der Waals surface area contributed by atoms with Crippen LogP contribution in [-0.2, 0) is 14.4 Å². The summed E-state index contributed by atoms with van der Waals surface area (Å²) in [6.07, 6.45) is 2.33. The van der Waals surface area contributed by atoms with Crippen molar-refractivity contribution in [1.82, 2.24) is 4.90 Å². The Morgan fingerprint density at radius 2 is 1.64 bits per heavy atom. The summed E-state index contributed by atoms with van der Waals surface area (Å²) in [6.45, 7) is -0.324. The lowest BCUT2D eigenvalue weighted by molar-refractivity contribution is -0.140. The van der Waals surface area contributed by atoms with Crippen LogP contribution in [0.1, 0.15) is 0 Å². The lowest BCUT2D eigenvalue weighted by atomic mass is 10.2. The summed E-state index contributed by atoms with van der Waals surface area (Å²) >= 11 is 7.66. The van der Waals surface area contributed by atoms with Gasteiger partial charge in [0.25, 0.3) is 17.7 Å². The molecule has 4 rings (SSSR count). The average molecular weight is 371 g/mol. The second-order valence-electron chi connectivity index (χ2n) is 5.51. The number of benzene rings is 2. The largest absolute Gasteiger partial charge is 0.277 e. The number of hydrogen-bond acceptors (Lipinski definition) is 4. The molecule has 0 radical (unpaired) electrons. The van der Waals surface area contributed by atoms with E-state index in [-0.39, 0.29) is 12.5 Å². The second kappa shape index (κ2) is 6.06. The Morgan fingerprint density at radius 3 is 2.40 bits per heavy atom. The van der Waals surface area contributed by atoms with Crippen LogP contribution >= 0.6 is 23.4 Å². The van der Waals surface area contributed by atoms with Crippen molar-refractivity contribution in [2.24, 2.45) is 0 Å². The van der Waals surface area contributed by atoms with Crippen molar-refractivity contribution in [2.45, 2.75) is 9.79 Å². The average Bonchev–Trinajstić information content (AvgIpc) is 2.91. The quantitative estimate of drug-likeness (QED) is 0.760. The third-order valence-electron chi connectivity index (χ3n) is 3.93. The minimum Gasteiger partial charge on any atom is -0.277 e. The number of amides is 3. The highest BCUT2D eigenvalue weighted by molar-refractivity contribution is 7.99. The van der Waals surface area contributed by atoms with E-state index in [2.05, 4.69) is 0 Å². The predicted octanol–water partition coefficient (Wildman–Crippen LogP) is 3.39. The lowest BCUT2D eigenvalue weighted by Gasteiger charge is -2.32. The van der Waals surface area contributed by atoms with E-state index in [0.717, 1.165) is 14.7 Å². The monoisotopic (exact) mass is 370 g/mol. The van der Waals surface area contributed by atoms with Crippen LogP contribution in [0.4, 0.5) is 11.4 Å². The van der Waals surface area contributed by atoms with Gasteiger partial charge < -0.3 is 0 Å². The molecule has 0 N–H and O–H groups in total. The summed E-state index contributed by atoms with van der Waals surface area (Å²) in [6, 6.07) is 12.8. The number of para-hydroxylation sites is 1. The standard InChI is InChI=1S/C18H11ClN2O3S/c19-11-5-6-15-13(9-11)21(12-3-1-2-4-14(12)25-15)18(24)10-20-16(22)7-8-17(20)23/h1-9H,10H2. The molecule has 2 heterocycles. The second-order valence-corrected chi connectivity index (χ2v) is 7.03. The van der Waals surface area contributed by atoms with Crippen LogP contribution in [0.3, 0.4) is 0 Å². The first-order valence-electron chi connectivity index (χ1n) is 7.47. The highest BCUT2D eigenvalue weighted by Gasteiger charge is 2.32. The fourth-order valence-electron chi connectivity index (χ4n) is 2.79. The van der Waals surface area contributed by atoms with Gasteiger partial charge >= 0.3 is 0 Å². The first-order valence-corrected chi connectivity index (χ1v) is 8.67.